The first-order valence-corrected chi connectivity index (χ1v) is 10.6. The number of nitrogens with zero attached hydrogens (tertiary/aromatic N) is 2. The summed E-state index contributed by atoms with van der Waals surface area (Å²) in [6.45, 7) is 3.95. The van der Waals surface area contributed by atoms with Crippen molar-refractivity contribution in [2.45, 2.75) is 24.8 Å². The van der Waals surface area contributed by atoms with Crippen LogP contribution in [-0.2, 0) is 22.5 Å². The molecule has 3 rings (SSSR count). The minimum Gasteiger partial charge on any atom is -0.380 e. The van der Waals surface area contributed by atoms with E-state index in [0.29, 0.717) is 26.2 Å². The molecule has 136 valence electrons. The van der Waals surface area contributed by atoms with Crippen LogP contribution in [0.4, 0.5) is 0 Å². The molecule has 0 spiro atoms. The molecule has 3 aromatic rings. The molecule has 0 atom stereocenters. The molecule has 1 amide bonds. The number of hydrogen-bond acceptors (Lipinski definition) is 4. The minimum atomic E-state index is -0.126. The predicted molar refractivity (Wildman–Crippen MR) is 109 cm³/mol. The van der Waals surface area contributed by atoms with Crippen molar-refractivity contribution in [1.82, 2.24) is 4.57 Å². The smallest absolute Gasteiger partial charge is 0.252 e. The van der Waals surface area contributed by atoms with Gasteiger partial charge < -0.3 is 9.30 Å². The number of carbonyl (C=O) groups excluding carboxylic acids is 1. The number of para-hydroxylation sites is 1. The fourth-order valence-electron chi connectivity index (χ4n) is 2.69. The fourth-order valence-corrected chi connectivity index (χ4v) is 4.17. The van der Waals surface area contributed by atoms with Crippen LogP contribution in [-0.4, -0.2) is 29.9 Å². The van der Waals surface area contributed by atoms with Gasteiger partial charge in [0.05, 0.1) is 23.2 Å². The maximum atomic E-state index is 12.5. The second-order valence-corrected chi connectivity index (χ2v) is 7.62. The highest BCUT2D eigenvalue weighted by Gasteiger charge is 2.08. The van der Waals surface area contributed by atoms with E-state index in [2.05, 4.69) is 21.7 Å². The SMILES string of the molecule is CCOCCn1c(=NC(=O)Cc2ccc(SC)cc2)sc2ccccc21. The second-order valence-electron chi connectivity index (χ2n) is 5.73. The van der Waals surface area contributed by atoms with E-state index in [-0.39, 0.29) is 5.91 Å². The van der Waals surface area contributed by atoms with Crippen LogP contribution in [0.2, 0.25) is 0 Å². The molecular formula is C20H22N2O2S2. The van der Waals surface area contributed by atoms with E-state index in [0.717, 1.165) is 20.6 Å². The standard InChI is InChI=1S/C20H22N2O2S2/c1-3-24-13-12-22-17-6-4-5-7-18(17)26-20(22)21-19(23)14-15-8-10-16(25-2)11-9-15/h4-11H,3,12-14H2,1-2H3. The Bertz CT molecular complexity index is 942. The van der Waals surface area contributed by atoms with Crippen molar-refractivity contribution >= 4 is 39.2 Å². The number of amides is 1. The zero-order valence-electron chi connectivity index (χ0n) is 15.0. The van der Waals surface area contributed by atoms with Crippen LogP contribution >= 0.6 is 23.1 Å². The van der Waals surface area contributed by atoms with Crippen LogP contribution < -0.4 is 4.80 Å². The van der Waals surface area contributed by atoms with E-state index < -0.39 is 0 Å². The predicted octanol–water partition coefficient (Wildman–Crippen LogP) is 4.13. The number of hydrogen-bond donors (Lipinski definition) is 0. The molecule has 0 saturated heterocycles. The summed E-state index contributed by atoms with van der Waals surface area (Å²) in [4.78, 5) is 18.8. The number of aromatic nitrogens is 1. The van der Waals surface area contributed by atoms with Crippen molar-refractivity contribution in [1.29, 1.82) is 0 Å². The topological polar surface area (TPSA) is 43.6 Å². The Morgan fingerprint density at radius 2 is 1.96 bits per heavy atom. The highest BCUT2D eigenvalue weighted by molar-refractivity contribution is 7.98. The molecule has 2 aromatic carbocycles. The average Bonchev–Trinajstić information content (AvgIpc) is 3.00. The number of ether oxygens (including phenoxy) is 1. The molecule has 0 bridgehead atoms. The Morgan fingerprint density at radius 1 is 1.19 bits per heavy atom. The van der Waals surface area contributed by atoms with E-state index in [1.54, 1.807) is 23.1 Å². The van der Waals surface area contributed by atoms with Gasteiger partial charge in [-0.05, 0) is 43.0 Å². The number of carbonyl (C=O) groups is 1. The summed E-state index contributed by atoms with van der Waals surface area (Å²) in [7, 11) is 0. The van der Waals surface area contributed by atoms with Crippen molar-refractivity contribution < 1.29 is 9.53 Å². The normalized spacial score (nSPS) is 12.0. The number of thioether (sulfide) groups is 1. The first-order chi connectivity index (χ1) is 12.7. The van der Waals surface area contributed by atoms with Crippen LogP contribution in [0.25, 0.3) is 10.2 Å². The Morgan fingerprint density at radius 3 is 2.69 bits per heavy atom. The summed E-state index contributed by atoms with van der Waals surface area (Å²) in [5, 5.41) is 0. The third-order valence-electron chi connectivity index (χ3n) is 3.99. The van der Waals surface area contributed by atoms with Gasteiger partial charge >= 0.3 is 0 Å². The zero-order chi connectivity index (χ0) is 18.4. The minimum absolute atomic E-state index is 0.126. The quantitative estimate of drug-likeness (QED) is 0.453. The lowest BCUT2D eigenvalue weighted by Crippen LogP contribution is -2.20. The van der Waals surface area contributed by atoms with Crippen molar-refractivity contribution in [3.8, 4) is 0 Å². The summed E-state index contributed by atoms with van der Waals surface area (Å²) in [6.07, 6.45) is 2.35. The van der Waals surface area contributed by atoms with Gasteiger partial charge in [0.25, 0.3) is 5.91 Å². The first kappa shape index (κ1) is 18.9. The van der Waals surface area contributed by atoms with Crippen LogP contribution in [0.1, 0.15) is 12.5 Å². The second kappa shape index (κ2) is 9.16. The number of benzene rings is 2. The van der Waals surface area contributed by atoms with Gasteiger partial charge in [0.15, 0.2) is 4.80 Å². The van der Waals surface area contributed by atoms with E-state index in [1.807, 2.05) is 49.6 Å². The summed E-state index contributed by atoms with van der Waals surface area (Å²) in [6, 6.07) is 16.2. The molecule has 1 aromatic heterocycles. The Hall–Kier alpha value is -1.89. The van der Waals surface area contributed by atoms with E-state index in [1.165, 1.54) is 4.90 Å². The summed E-state index contributed by atoms with van der Waals surface area (Å²) in [5.41, 5.74) is 2.08. The van der Waals surface area contributed by atoms with E-state index >= 15 is 0 Å². The lowest BCUT2D eigenvalue weighted by Gasteiger charge is -2.05. The summed E-state index contributed by atoms with van der Waals surface area (Å²) >= 11 is 3.23. The maximum absolute atomic E-state index is 12.5. The van der Waals surface area contributed by atoms with Gasteiger partial charge in [0.2, 0.25) is 0 Å². The molecule has 4 nitrogen and oxygen atoms in total. The molecule has 26 heavy (non-hydrogen) atoms. The molecule has 0 aliphatic heterocycles. The summed E-state index contributed by atoms with van der Waals surface area (Å²) < 4.78 is 8.69. The van der Waals surface area contributed by atoms with Gasteiger partial charge in [-0.2, -0.15) is 4.99 Å². The Balaban J connectivity index is 1.86. The maximum Gasteiger partial charge on any atom is 0.252 e. The van der Waals surface area contributed by atoms with Crippen molar-refractivity contribution in [2.24, 2.45) is 4.99 Å². The molecule has 0 aliphatic carbocycles. The molecule has 0 radical (unpaired) electrons. The first-order valence-electron chi connectivity index (χ1n) is 8.58. The van der Waals surface area contributed by atoms with Crippen LogP contribution in [0, 0.1) is 0 Å². The van der Waals surface area contributed by atoms with Crippen LogP contribution in [0.15, 0.2) is 58.4 Å². The Labute approximate surface area is 161 Å². The van der Waals surface area contributed by atoms with Crippen LogP contribution in [0.5, 0.6) is 0 Å². The van der Waals surface area contributed by atoms with Gasteiger partial charge in [-0.1, -0.05) is 35.6 Å². The number of rotatable bonds is 7. The van der Waals surface area contributed by atoms with E-state index in [4.69, 9.17) is 4.74 Å². The molecule has 0 saturated carbocycles. The van der Waals surface area contributed by atoms with Gasteiger partial charge in [-0.3, -0.25) is 4.79 Å². The van der Waals surface area contributed by atoms with Gasteiger partial charge in [0, 0.05) is 18.0 Å². The largest absolute Gasteiger partial charge is 0.380 e. The monoisotopic (exact) mass is 386 g/mol. The molecule has 0 aliphatic rings. The van der Waals surface area contributed by atoms with Gasteiger partial charge in [0.1, 0.15) is 0 Å². The number of thiazole rings is 1. The van der Waals surface area contributed by atoms with Gasteiger partial charge in [-0.25, -0.2) is 0 Å². The van der Waals surface area contributed by atoms with Crippen molar-refractivity contribution in [2.75, 3.05) is 19.5 Å². The third-order valence-corrected chi connectivity index (χ3v) is 5.79. The number of fused-ring (bicyclic) bond motifs is 1. The molecule has 0 fully saturated rings. The molecule has 1 heterocycles. The summed E-state index contributed by atoms with van der Waals surface area (Å²) in [5.74, 6) is -0.126. The molecule has 0 N–H and O–H groups in total. The Kier molecular flexibility index (Phi) is 6.66. The molecule has 6 heteroatoms. The van der Waals surface area contributed by atoms with Crippen molar-refractivity contribution in [3.63, 3.8) is 0 Å². The van der Waals surface area contributed by atoms with E-state index in [9.17, 15) is 4.79 Å². The fraction of sp³-hybridized carbons (Fsp3) is 0.300. The van der Waals surface area contributed by atoms with Crippen LogP contribution in [0.3, 0.4) is 0 Å². The molecule has 0 unspecified atom stereocenters. The lowest BCUT2D eigenvalue weighted by molar-refractivity contribution is -0.117. The zero-order valence-corrected chi connectivity index (χ0v) is 16.6. The average molecular weight is 387 g/mol. The highest BCUT2D eigenvalue weighted by Crippen LogP contribution is 2.17. The highest BCUT2D eigenvalue weighted by atomic mass is 32.2. The third kappa shape index (κ3) is 4.63. The lowest BCUT2D eigenvalue weighted by atomic mass is 10.1. The van der Waals surface area contributed by atoms with Crippen molar-refractivity contribution in [3.05, 3.63) is 58.9 Å². The molecular weight excluding hydrogens is 364 g/mol. The van der Waals surface area contributed by atoms with Gasteiger partial charge in [-0.15, -0.1) is 11.8 Å².